The fourth-order valence-electron chi connectivity index (χ4n) is 1.61. The van der Waals surface area contributed by atoms with E-state index in [9.17, 15) is 0 Å². The lowest BCUT2D eigenvalue weighted by molar-refractivity contribution is 0.988. The van der Waals surface area contributed by atoms with Gasteiger partial charge in [-0.2, -0.15) is 5.10 Å². The zero-order valence-electron chi connectivity index (χ0n) is 8.75. The average Bonchev–Trinajstić information content (AvgIpc) is 2.69. The SMILES string of the molecule is C=NC(=C)c1ccc2c(CC)[nH]nc2c1. The van der Waals surface area contributed by atoms with Gasteiger partial charge in [0.05, 0.1) is 11.2 Å². The lowest BCUT2D eigenvalue weighted by Gasteiger charge is -1.99. The summed E-state index contributed by atoms with van der Waals surface area (Å²) in [7, 11) is 0. The first-order valence-electron chi connectivity index (χ1n) is 4.89. The summed E-state index contributed by atoms with van der Waals surface area (Å²) in [5.41, 5.74) is 3.76. The molecule has 0 amide bonds. The van der Waals surface area contributed by atoms with Gasteiger partial charge in [0.15, 0.2) is 0 Å². The maximum absolute atomic E-state index is 4.24. The minimum atomic E-state index is 0.679. The van der Waals surface area contributed by atoms with E-state index in [2.05, 4.69) is 35.4 Å². The van der Waals surface area contributed by atoms with Gasteiger partial charge in [-0.15, -0.1) is 0 Å². The van der Waals surface area contributed by atoms with Crippen molar-refractivity contribution in [1.29, 1.82) is 0 Å². The second kappa shape index (κ2) is 3.69. The number of hydrogen-bond acceptors (Lipinski definition) is 2. The molecule has 0 aliphatic heterocycles. The number of aromatic amines is 1. The van der Waals surface area contributed by atoms with E-state index < -0.39 is 0 Å². The van der Waals surface area contributed by atoms with Crippen LogP contribution in [-0.4, -0.2) is 16.9 Å². The molecule has 0 bridgehead atoms. The molecule has 0 aliphatic rings. The molecular weight excluding hydrogens is 186 g/mol. The highest BCUT2D eigenvalue weighted by Gasteiger charge is 2.05. The minimum Gasteiger partial charge on any atom is -0.281 e. The van der Waals surface area contributed by atoms with Gasteiger partial charge >= 0.3 is 0 Å². The van der Waals surface area contributed by atoms with Crippen LogP contribution in [0.2, 0.25) is 0 Å². The standard InChI is InChI=1S/C12H13N3/c1-4-11-10-6-5-9(8(2)13-3)7-12(10)15-14-11/h5-7H,2-4H2,1H3,(H,14,15). The second-order valence-electron chi connectivity index (χ2n) is 3.39. The molecule has 0 unspecified atom stereocenters. The Hall–Kier alpha value is -1.90. The molecule has 3 nitrogen and oxygen atoms in total. The Labute approximate surface area is 88.5 Å². The summed E-state index contributed by atoms with van der Waals surface area (Å²) >= 11 is 0. The van der Waals surface area contributed by atoms with E-state index in [1.54, 1.807) is 0 Å². The summed E-state index contributed by atoms with van der Waals surface area (Å²) in [6.07, 6.45) is 0.955. The zero-order valence-corrected chi connectivity index (χ0v) is 8.75. The Morgan fingerprint density at radius 1 is 1.53 bits per heavy atom. The third kappa shape index (κ3) is 1.56. The molecule has 0 atom stereocenters. The highest BCUT2D eigenvalue weighted by atomic mass is 15.1. The van der Waals surface area contributed by atoms with Gasteiger partial charge in [-0.1, -0.05) is 25.6 Å². The molecule has 3 heteroatoms. The lowest BCUT2D eigenvalue weighted by atomic mass is 10.1. The van der Waals surface area contributed by atoms with E-state index in [4.69, 9.17) is 0 Å². The van der Waals surface area contributed by atoms with Crippen molar-refractivity contribution in [3.63, 3.8) is 0 Å². The Balaban J connectivity index is 2.57. The van der Waals surface area contributed by atoms with Gasteiger partial charge < -0.3 is 0 Å². The van der Waals surface area contributed by atoms with Crippen molar-refractivity contribution in [2.45, 2.75) is 13.3 Å². The van der Waals surface area contributed by atoms with E-state index >= 15 is 0 Å². The van der Waals surface area contributed by atoms with Crippen LogP contribution in [0.1, 0.15) is 18.2 Å². The number of hydrogen-bond donors (Lipinski definition) is 1. The molecule has 0 fully saturated rings. The van der Waals surface area contributed by atoms with Gasteiger partial charge in [0.25, 0.3) is 0 Å². The zero-order chi connectivity index (χ0) is 10.8. The number of benzene rings is 1. The number of aryl methyl sites for hydroxylation is 1. The quantitative estimate of drug-likeness (QED) is 0.759. The predicted molar refractivity (Wildman–Crippen MR) is 64.1 cm³/mol. The average molecular weight is 199 g/mol. The molecule has 0 saturated carbocycles. The van der Waals surface area contributed by atoms with Gasteiger partial charge in [-0.05, 0) is 19.2 Å². The molecule has 0 aliphatic carbocycles. The molecule has 1 N–H and O–H groups in total. The summed E-state index contributed by atoms with van der Waals surface area (Å²) in [6, 6.07) is 6.01. The number of H-pyrrole nitrogens is 1. The van der Waals surface area contributed by atoms with Crippen molar-refractivity contribution >= 4 is 23.3 Å². The third-order valence-corrected chi connectivity index (χ3v) is 2.51. The maximum Gasteiger partial charge on any atom is 0.0930 e. The molecule has 0 saturated heterocycles. The molecule has 0 spiro atoms. The van der Waals surface area contributed by atoms with Crippen LogP contribution in [0.5, 0.6) is 0 Å². The molecule has 0 radical (unpaired) electrons. The summed E-state index contributed by atoms with van der Waals surface area (Å²) in [4.78, 5) is 3.81. The molecule has 1 heterocycles. The number of fused-ring (bicyclic) bond motifs is 1. The summed E-state index contributed by atoms with van der Waals surface area (Å²) in [6.45, 7) is 9.37. The number of nitrogens with zero attached hydrogens (tertiary/aromatic N) is 2. The highest BCUT2D eigenvalue weighted by molar-refractivity contribution is 5.85. The van der Waals surface area contributed by atoms with Crippen molar-refractivity contribution in [1.82, 2.24) is 10.2 Å². The van der Waals surface area contributed by atoms with Crippen LogP contribution in [0.3, 0.4) is 0 Å². The van der Waals surface area contributed by atoms with E-state index in [-0.39, 0.29) is 0 Å². The normalized spacial score (nSPS) is 10.5. The van der Waals surface area contributed by atoms with Crippen molar-refractivity contribution in [2.75, 3.05) is 0 Å². The van der Waals surface area contributed by atoms with Gasteiger partial charge in [0, 0.05) is 16.6 Å². The molecule has 1 aromatic heterocycles. The minimum absolute atomic E-state index is 0.679. The smallest absolute Gasteiger partial charge is 0.0930 e. The summed E-state index contributed by atoms with van der Waals surface area (Å²) in [5, 5.41) is 8.43. The van der Waals surface area contributed by atoms with Gasteiger partial charge in [0.2, 0.25) is 0 Å². The van der Waals surface area contributed by atoms with Crippen LogP contribution in [0.15, 0.2) is 29.8 Å². The third-order valence-electron chi connectivity index (χ3n) is 2.51. The van der Waals surface area contributed by atoms with Crippen LogP contribution < -0.4 is 0 Å². The van der Waals surface area contributed by atoms with E-state index in [0.717, 1.165) is 28.6 Å². The first kappa shape index (κ1) is 9.65. The molecule has 15 heavy (non-hydrogen) atoms. The topological polar surface area (TPSA) is 41.0 Å². The van der Waals surface area contributed by atoms with Crippen LogP contribution in [0.4, 0.5) is 0 Å². The van der Waals surface area contributed by atoms with Crippen LogP contribution in [-0.2, 0) is 6.42 Å². The van der Waals surface area contributed by atoms with Crippen molar-refractivity contribution in [3.05, 3.63) is 36.0 Å². The number of aromatic nitrogens is 2. The van der Waals surface area contributed by atoms with Crippen molar-refractivity contribution < 1.29 is 0 Å². The van der Waals surface area contributed by atoms with E-state index in [1.807, 2.05) is 18.2 Å². The molecule has 76 valence electrons. The van der Waals surface area contributed by atoms with Gasteiger partial charge in [0.1, 0.15) is 0 Å². The summed E-state index contributed by atoms with van der Waals surface area (Å²) < 4.78 is 0. The highest BCUT2D eigenvalue weighted by Crippen LogP contribution is 2.21. The van der Waals surface area contributed by atoms with Crippen LogP contribution in [0.25, 0.3) is 16.6 Å². The first-order valence-corrected chi connectivity index (χ1v) is 4.89. The molecular formula is C12H13N3. The number of aliphatic imine (C=N–C) groups is 1. The Morgan fingerprint density at radius 2 is 2.33 bits per heavy atom. The fraction of sp³-hybridized carbons (Fsp3) is 0.167. The molecule has 1 aromatic carbocycles. The first-order chi connectivity index (χ1) is 7.26. The summed E-state index contributed by atoms with van der Waals surface area (Å²) in [5.74, 6) is 0. The van der Waals surface area contributed by atoms with Gasteiger partial charge in [-0.3, -0.25) is 10.1 Å². The monoisotopic (exact) mass is 199 g/mol. The molecule has 2 rings (SSSR count). The Bertz CT molecular complexity index is 523. The largest absolute Gasteiger partial charge is 0.281 e. The van der Waals surface area contributed by atoms with Crippen LogP contribution >= 0.6 is 0 Å². The lowest BCUT2D eigenvalue weighted by Crippen LogP contribution is -1.81. The fourth-order valence-corrected chi connectivity index (χ4v) is 1.61. The van der Waals surface area contributed by atoms with Gasteiger partial charge in [-0.25, -0.2) is 0 Å². The maximum atomic E-state index is 4.24. The number of rotatable bonds is 3. The van der Waals surface area contributed by atoms with Crippen molar-refractivity contribution in [2.24, 2.45) is 4.99 Å². The second-order valence-corrected chi connectivity index (χ2v) is 3.39. The Morgan fingerprint density at radius 3 is 3.00 bits per heavy atom. The number of nitrogens with one attached hydrogen (secondary N) is 1. The van der Waals surface area contributed by atoms with Crippen LogP contribution in [0, 0.1) is 0 Å². The van der Waals surface area contributed by atoms with Crippen molar-refractivity contribution in [3.8, 4) is 0 Å². The van der Waals surface area contributed by atoms with E-state index in [0.29, 0.717) is 5.70 Å². The predicted octanol–water partition coefficient (Wildman–Crippen LogP) is 2.80. The Kier molecular flexibility index (Phi) is 2.37. The van der Waals surface area contributed by atoms with E-state index in [1.165, 1.54) is 0 Å². The molecule has 2 aromatic rings.